The first-order chi connectivity index (χ1) is 9.47. The smallest absolute Gasteiger partial charge is 0.318 e. The molecule has 2 atom stereocenters. The third-order valence-corrected chi connectivity index (χ3v) is 3.40. The van der Waals surface area contributed by atoms with Gasteiger partial charge in [-0.3, -0.25) is 4.79 Å². The molecular formula is C13H19N3O4. The maximum Gasteiger partial charge on any atom is 0.318 e. The number of rotatable bonds is 4. The number of carbonyl (C=O) groups is 2. The summed E-state index contributed by atoms with van der Waals surface area (Å²) in [6, 6.07) is -0.842. The molecule has 7 heteroatoms. The molecule has 1 aromatic heterocycles. The van der Waals surface area contributed by atoms with Crippen molar-refractivity contribution in [3.05, 3.63) is 17.8 Å². The average Bonchev–Trinajstić information content (AvgIpc) is 2.97. The van der Waals surface area contributed by atoms with E-state index in [1.807, 2.05) is 0 Å². The fourth-order valence-electron chi connectivity index (χ4n) is 2.42. The molecule has 0 bridgehead atoms. The highest BCUT2D eigenvalue weighted by molar-refractivity contribution is 5.76. The van der Waals surface area contributed by atoms with E-state index in [0.717, 1.165) is 12.8 Å². The quantitative estimate of drug-likeness (QED) is 0.875. The topological polar surface area (TPSA) is 95.7 Å². The number of aliphatic carboxylic acids is 1. The third-order valence-electron chi connectivity index (χ3n) is 3.40. The van der Waals surface area contributed by atoms with Crippen LogP contribution in [0.25, 0.3) is 0 Å². The number of hydrogen-bond acceptors (Lipinski definition) is 4. The second-order valence-corrected chi connectivity index (χ2v) is 5.07. The SMILES string of the molecule is Cc1cnc(C(C)NC(=O)N2CCCC2CC(=O)O)o1. The zero-order valence-corrected chi connectivity index (χ0v) is 11.6. The molecule has 0 radical (unpaired) electrons. The summed E-state index contributed by atoms with van der Waals surface area (Å²) < 4.78 is 5.36. The van der Waals surface area contributed by atoms with Crippen LogP contribution in [-0.2, 0) is 4.79 Å². The molecule has 110 valence electrons. The van der Waals surface area contributed by atoms with Crippen LogP contribution in [0.5, 0.6) is 0 Å². The molecule has 20 heavy (non-hydrogen) atoms. The molecule has 0 saturated carbocycles. The Morgan fingerprint density at radius 3 is 3.00 bits per heavy atom. The van der Waals surface area contributed by atoms with Crippen LogP contribution in [0.1, 0.15) is 43.9 Å². The summed E-state index contributed by atoms with van der Waals surface area (Å²) in [6.45, 7) is 4.15. The zero-order valence-electron chi connectivity index (χ0n) is 11.6. The summed E-state index contributed by atoms with van der Waals surface area (Å²) in [5.41, 5.74) is 0. The molecule has 7 nitrogen and oxygen atoms in total. The summed E-state index contributed by atoms with van der Waals surface area (Å²) >= 11 is 0. The van der Waals surface area contributed by atoms with Crippen LogP contribution < -0.4 is 5.32 Å². The Hall–Kier alpha value is -2.05. The van der Waals surface area contributed by atoms with Crippen molar-refractivity contribution < 1.29 is 19.1 Å². The highest BCUT2D eigenvalue weighted by atomic mass is 16.4. The van der Waals surface area contributed by atoms with Crippen LogP contribution in [0.15, 0.2) is 10.6 Å². The van der Waals surface area contributed by atoms with E-state index in [2.05, 4.69) is 10.3 Å². The van der Waals surface area contributed by atoms with Crippen molar-refractivity contribution in [2.24, 2.45) is 0 Å². The Bertz CT molecular complexity index is 500. The van der Waals surface area contributed by atoms with Crippen molar-refractivity contribution in [2.75, 3.05) is 6.54 Å². The van der Waals surface area contributed by atoms with Crippen LogP contribution in [0.2, 0.25) is 0 Å². The summed E-state index contributed by atoms with van der Waals surface area (Å²) in [6.07, 6.45) is 3.14. The molecule has 2 rings (SSSR count). The molecule has 1 aliphatic rings. The molecule has 1 fully saturated rings. The van der Waals surface area contributed by atoms with Crippen molar-refractivity contribution in [3.63, 3.8) is 0 Å². The zero-order chi connectivity index (χ0) is 14.7. The van der Waals surface area contributed by atoms with E-state index >= 15 is 0 Å². The second-order valence-electron chi connectivity index (χ2n) is 5.07. The molecule has 0 aromatic carbocycles. The van der Waals surface area contributed by atoms with Gasteiger partial charge in [0.05, 0.1) is 12.6 Å². The summed E-state index contributed by atoms with van der Waals surface area (Å²) in [5, 5.41) is 11.6. The lowest BCUT2D eigenvalue weighted by Crippen LogP contribution is -2.44. The Labute approximate surface area is 117 Å². The fraction of sp³-hybridized carbons (Fsp3) is 0.615. The predicted molar refractivity (Wildman–Crippen MR) is 70.2 cm³/mol. The van der Waals surface area contributed by atoms with Crippen LogP contribution >= 0.6 is 0 Å². The van der Waals surface area contributed by atoms with Crippen molar-refractivity contribution in [2.45, 2.75) is 45.2 Å². The summed E-state index contributed by atoms with van der Waals surface area (Å²) in [7, 11) is 0. The number of nitrogens with zero attached hydrogens (tertiary/aromatic N) is 2. The van der Waals surface area contributed by atoms with Crippen LogP contribution in [0.3, 0.4) is 0 Å². The van der Waals surface area contributed by atoms with Gasteiger partial charge in [0.1, 0.15) is 11.8 Å². The maximum absolute atomic E-state index is 12.2. The Morgan fingerprint density at radius 2 is 2.40 bits per heavy atom. The average molecular weight is 281 g/mol. The lowest BCUT2D eigenvalue weighted by molar-refractivity contribution is -0.137. The number of carboxylic acid groups (broad SMARTS) is 1. The second kappa shape index (κ2) is 5.94. The Morgan fingerprint density at radius 1 is 1.65 bits per heavy atom. The molecule has 2 heterocycles. The van der Waals surface area contributed by atoms with Gasteiger partial charge in [-0.25, -0.2) is 9.78 Å². The van der Waals surface area contributed by atoms with E-state index in [-0.39, 0.29) is 24.5 Å². The first-order valence-corrected chi connectivity index (χ1v) is 6.68. The Balaban J connectivity index is 1.95. The van der Waals surface area contributed by atoms with Gasteiger partial charge in [-0.1, -0.05) is 0 Å². The molecule has 0 spiro atoms. The van der Waals surface area contributed by atoms with E-state index in [1.54, 1.807) is 24.9 Å². The monoisotopic (exact) mass is 281 g/mol. The Kier molecular flexibility index (Phi) is 4.26. The van der Waals surface area contributed by atoms with Gasteiger partial charge in [0, 0.05) is 12.6 Å². The largest absolute Gasteiger partial charge is 0.481 e. The number of amides is 2. The minimum absolute atomic E-state index is 0.0140. The minimum atomic E-state index is -0.883. The fourth-order valence-corrected chi connectivity index (χ4v) is 2.42. The number of oxazole rings is 1. The van der Waals surface area contributed by atoms with Gasteiger partial charge < -0.3 is 19.7 Å². The molecule has 1 aromatic rings. The van der Waals surface area contributed by atoms with Gasteiger partial charge in [0.2, 0.25) is 5.89 Å². The van der Waals surface area contributed by atoms with Crippen molar-refractivity contribution in [1.29, 1.82) is 0 Å². The number of urea groups is 1. The van der Waals surface area contributed by atoms with Crippen molar-refractivity contribution in [3.8, 4) is 0 Å². The van der Waals surface area contributed by atoms with E-state index in [0.29, 0.717) is 18.2 Å². The first kappa shape index (κ1) is 14.4. The van der Waals surface area contributed by atoms with E-state index in [1.165, 1.54) is 0 Å². The van der Waals surface area contributed by atoms with Gasteiger partial charge in [-0.15, -0.1) is 0 Å². The minimum Gasteiger partial charge on any atom is -0.481 e. The normalized spacial score (nSPS) is 19.9. The predicted octanol–water partition coefficient (Wildman–Crippen LogP) is 1.69. The number of nitrogens with one attached hydrogen (secondary N) is 1. The van der Waals surface area contributed by atoms with Gasteiger partial charge in [0.25, 0.3) is 0 Å². The van der Waals surface area contributed by atoms with Gasteiger partial charge in [-0.05, 0) is 26.7 Å². The number of likely N-dealkylation sites (tertiary alicyclic amines) is 1. The number of aromatic nitrogens is 1. The maximum atomic E-state index is 12.2. The molecule has 1 aliphatic heterocycles. The number of carboxylic acids is 1. The lowest BCUT2D eigenvalue weighted by Gasteiger charge is -2.25. The highest BCUT2D eigenvalue weighted by Gasteiger charge is 2.31. The third kappa shape index (κ3) is 3.28. The summed E-state index contributed by atoms with van der Waals surface area (Å²) in [4.78, 5) is 28.6. The van der Waals surface area contributed by atoms with E-state index in [9.17, 15) is 9.59 Å². The number of aryl methyl sites for hydroxylation is 1. The lowest BCUT2D eigenvalue weighted by atomic mass is 10.1. The van der Waals surface area contributed by atoms with Crippen LogP contribution in [0, 0.1) is 6.92 Å². The van der Waals surface area contributed by atoms with Crippen molar-refractivity contribution >= 4 is 12.0 Å². The van der Waals surface area contributed by atoms with Crippen LogP contribution in [-0.4, -0.2) is 39.6 Å². The van der Waals surface area contributed by atoms with Gasteiger partial charge >= 0.3 is 12.0 Å². The molecule has 0 aliphatic carbocycles. The molecule has 1 saturated heterocycles. The molecule has 2 N–H and O–H groups in total. The first-order valence-electron chi connectivity index (χ1n) is 6.68. The van der Waals surface area contributed by atoms with Gasteiger partial charge in [0.15, 0.2) is 0 Å². The molecular weight excluding hydrogens is 262 g/mol. The van der Waals surface area contributed by atoms with Crippen molar-refractivity contribution in [1.82, 2.24) is 15.2 Å². The van der Waals surface area contributed by atoms with Gasteiger partial charge in [-0.2, -0.15) is 0 Å². The van der Waals surface area contributed by atoms with Crippen LogP contribution in [0.4, 0.5) is 4.79 Å². The van der Waals surface area contributed by atoms with E-state index < -0.39 is 5.97 Å². The molecule has 2 unspecified atom stereocenters. The van der Waals surface area contributed by atoms with E-state index in [4.69, 9.17) is 9.52 Å². The highest BCUT2D eigenvalue weighted by Crippen LogP contribution is 2.21. The number of hydrogen-bond donors (Lipinski definition) is 2. The molecule has 2 amide bonds. The standard InChI is InChI=1S/C13H19N3O4/c1-8-7-14-12(20-8)9(2)15-13(19)16-5-3-4-10(16)6-11(17)18/h7,9-10H,3-6H2,1-2H3,(H,15,19)(H,17,18). The summed E-state index contributed by atoms with van der Waals surface area (Å²) in [5.74, 6) is 0.252. The number of carbonyl (C=O) groups excluding carboxylic acids is 1.